The van der Waals surface area contributed by atoms with Crippen LogP contribution in [0.1, 0.15) is 19.4 Å². The zero-order chi connectivity index (χ0) is 11.4. The fraction of sp³-hybridized carbons (Fsp3) is 0.455. The van der Waals surface area contributed by atoms with Gasteiger partial charge in [0.1, 0.15) is 11.6 Å². The molecule has 4 heteroatoms. The lowest BCUT2D eigenvalue weighted by Crippen LogP contribution is -2.18. The topological polar surface area (TPSA) is 35.2 Å². The van der Waals surface area contributed by atoms with Crippen LogP contribution in [0.4, 0.5) is 4.39 Å². The number of ether oxygens (including phenoxy) is 1. The van der Waals surface area contributed by atoms with E-state index in [1.165, 1.54) is 12.1 Å². The summed E-state index contributed by atoms with van der Waals surface area (Å²) in [4.78, 5) is 0. The van der Waals surface area contributed by atoms with Crippen molar-refractivity contribution in [2.45, 2.75) is 26.3 Å². The first-order valence-corrected chi connectivity index (χ1v) is 5.70. The second kappa shape index (κ2) is 5.47. The number of hydrogen-bond acceptors (Lipinski definition) is 2. The van der Waals surface area contributed by atoms with Crippen LogP contribution in [0.3, 0.4) is 0 Å². The van der Waals surface area contributed by atoms with Gasteiger partial charge in [0.25, 0.3) is 0 Å². The molecule has 0 aromatic heterocycles. The van der Waals surface area contributed by atoms with E-state index in [4.69, 9.17) is 10.5 Å². The van der Waals surface area contributed by atoms with Crippen molar-refractivity contribution < 1.29 is 9.13 Å². The van der Waals surface area contributed by atoms with Crippen molar-refractivity contribution in [3.63, 3.8) is 0 Å². The van der Waals surface area contributed by atoms with E-state index >= 15 is 0 Å². The van der Waals surface area contributed by atoms with Gasteiger partial charge in [0.15, 0.2) is 0 Å². The van der Waals surface area contributed by atoms with E-state index in [2.05, 4.69) is 15.9 Å². The Morgan fingerprint density at radius 3 is 2.73 bits per heavy atom. The smallest absolute Gasteiger partial charge is 0.136 e. The van der Waals surface area contributed by atoms with Crippen LogP contribution < -0.4 is 10.5 Å². The monoisotopic (exact) mass is 275 g/mol. The maximum absolute atomic E-state index is 13.2. The lowest BCUT2D eigenvalue weighted by molar-refractivity contribution is 0.333. The van der Waals surface area contributed by atoms with Gasteiger partial charge in [0, 0.05) is 6.04 Å². The minimum atomic E-state index is -0.277. The Kier molecular flexibility index (Phi) is 4.54. The molecule has 0 amide bonds. The lowest BCUT2D eigenvalue weighted by Gasteiger charge is -2.13. The van der Waals surface area contributed by atoms with Gasteiger partial charge in [-0.15, -0.1) is 0 Å². The van der Waals surface area contributed by atoms with Crippen LogP contribution in [0.2, 0.25) is 0 Å². The van der Waals surface area contributed by atoms with Crippen molar-refractivity contribution in [1.82, 2.24) is 0 Å². The highest BCUT2D eigenvalue weighted by atomic mass is 79.9. The maximum Gasteiger partial charge on any atom is 0.136 e. The summed E-state index contributed by atoms with van der Waals surface area (Å²) < 4.78 is 19.3. The zero-order valence-electron chi connectivity index (χ0n) is 8.89. The Bertz CT molecular complexity index is 342. The average Bonchev–Trinajstić information content (AvgIpc) is 2.10. The summed E-state index contributed by atoms with van der Waals surface area (Å²) in [5.41, 5.74) is 6.50. The van der Waals surface area contributed by atoms with Gasteiger partial charge in [-0.05, 0) is 53.9 Å². The van der Waals surface area contributed by atoms with Crippen molar-refractivity contribution >= 4 is 15.9 Å². The SMILES string of the molecule is CCOc1c(Br)cc(F)cc1CC(C)N. The van der Waals surface area contributed by atoms with Gasteiger partial charge >= 0.3 is 0 Å². The molecule has 0 radical (unpaired) electrons. The van der Waals surface area contributed by atoms with Crippen LogP contribution in [-0.4, -0.2) is 12.6 Å². The van der Waals surface area contributed by atoms with Crippen molar-refractivity contribution in [2.75, 3.05) is 6.61 Å². The maximum atomic E-state index is 13.2. The molecule has 0 heterocycles. The summed E-state index contributed by atoms with van der Waals surface area (Å²) in [5.74, 6) is 0.414. The predicted molar refractivity (Wildman–Crippen MR) is 62.6 cm³/mol. The van der Waals surface area contributed by atoms with Crippen molar-refractivity contribution in [2.24, 2.45) is 5.73 Å². The molecule has 2 N–H and O–H groups in total. The number of nitrogens with two attached hydrogens (primary N) is 1. The highest BCUT2D eigenvalue weighted by Gasteiger charge is 2.11. The molecule has 2 nitrogen and oxygen atoms in total. The molecular weight excluding hydrogens is 261 g/mol. The second-order valence-electron chi connectivity index (χ2n) is 3.49. The Hall–Kier alpha value is -0.610. The normalized spacial score (nSPS) is 12.6. The minimum absolute atomic E-state index is 0.0158. The van der Waals surface area contributed by atoms with Crippen LogP contribution in [0.15, 0.2) is 16.6 Å². The standard InChI is InChI=1S/C11H15BrFNO/c1-3-15-11-8(4-7(2)14)5-9(13)6-10(11)12/h5-7H,3-4,14H2,1-2H3. The van der Waals surface area contributed by atoms with Gasteiger partial charge in [-0.25, -0.2) is 4.39 Å². The summed E-state index contributed by atoms with van der Waals surface area (Å²) in [6.07, 6.45) is 0.603. The van der Waals surface area contributed by atoms with Crippen molar-refractivity contribution in [3.8, 4) is 5.75 Å². The molecule has 0 bridgehead atoms. The third-order valence-corrected chi connectivity index (χ3v) is 2.50. The molecule has 0 aliphatic heterocycles. The van der Waals surface area contributed by atoms with Gasteiger partial charge in [0.2, 0.25) is 0 Å². The molecule has 1 rings (SSSR count). The highest BCUT2D eigenvalue weighted by Crippen LogP contribution is 2.31. The molecular formula is C11H15BrFNO. The van der Waals surface area contributed by atoms with E-state index in [9.17, 15) is 4.39 Å². The summed E-state index contributed by atoms with van der Waals surface area (Å²) in [6.45, 7) is 4.33. The second-order valence-corrected chi connectivity index (χ2v) is 4.34. The fourth-order valence-corrected chi connectivity index (χ4v) is 2.01. The summed E-state index contributed by atoms with van der Waals surface area (Å²) in [5, 5.41) is 0. The highest BCUT2D eigenvalue weighted by molar-refractivity contribution is 9.10. The van der Waals surface area contributed by atoms with E-state index in [1.807, 2.05) is 13.8 Å². The zero-order valence-corrected chi connectivity index (χ0v) is 10.5. The Labute approximate surface area is 97.7 Å². The Balaban J connectivity index is 3.08. The van der Waals surface area contributed by atoms with Crippen LogP contribution in [0.25, 0.3) is 0 Å². The van der Waals surface area contributed by atoms with Gasteiger partial charge in [0.05, 0.1) is 11.1 Å². The fourth-order valence-electron chi connectivity index (χ4n) is 1.42. The molecule has 1 unspecified atom stereocenters. The first-order chi connectivity index (χ1) is 7.04. The molecule has 15 heavy (non-hydrogen) atoms. The third-order valence-electron chi connectivity index (χ3n) is 1.92. The lowest BCUT2D eigenvalue weighted by atomic mass is 10.1. The predicted octanol–water partition coefficient (Wildman–Crippen LogP) is 2.88. The number of halogens is 2. The van der Waals surface area contributed by atoms with E-state index in [1.54, 1.807) is 0 Å². The van der Waals surface area contributed by atoms with Crippen LogP contribution in [0, 0.1) is 5.82 Å². The van der Waals surface area contributed by atoms with Crippen molar-refractivity contribution in [1.29, 1.82) is 0 Å². The van der Waals surface area contributed by atoms with Gasteiger partial charge in [-0.2, -0.15) is 0 Å². The molecule has 1 atom stereocenters. The quantitative estimate of drug-likeness (QED) is 0.917. The van der Waals surface area contributed by atoms with E-state index < -0.39 is 0 Å². The molecule has 0 spiro atoms. The van der Waals surface area contributed by atoms with Crippen LogP contribution in [-0.2, 0) is 6.42 Å². The summed E-state index contributed by atoms with van der Waals surface area (Å²) in [7, 11) is 0. The van der Waals surface area contributed by atoms with Gasteiger partial charge in [-0.3, -0.25) is 0 Å². The largest absolute Gasteiger partial charge is 0.492 e. The van der Waals surface area contributed by atoms with Crippen molar-refractivity contribution in [3.05, 3.63) is 28.0 Å². The number of rotatable bonds is 4. The van der Waals surface area contributed by atoms with E-state index in [0.717, 1.165) is 5.56 Å². The molecule has 84 valence electrons. The minimum Gasteiger partial charge on any atom is -0.492 e. The Morgan fingerprint density at radius 1 is 1.53 bits per heavy atom. The molecule has 0 aliphatic rings. The van der Waals surface area contributed by atoms with Crippen LogP contribution >= 0.6 is 15.9 Å². The molecule has 0 fully saturated rings. The molecule has 0 saturated carbocycles. The first-order valence-electron chi connectivity index (χ1n) is 4.91. The number of benzene rings is 1. The number of hydrogen-bond donors (Lipinski definition) is 1. The summed E-state index contributed by atoms with van der Waals surface area (Å²) >= 11 is 3.28. The van der Waals surface area contributed by atoms with Gasteiger partial charge in [-0.1, -0.05) is 0 Å². The van der Waals surface area contributed by atoms with Crippen LogP contribution in [0.5, 0.6) is 5.75 Å². The summed E-state index contributed by atoms with van der Waals surface area (Å²) in [6, 6.07) is 2.85. The Morgan fingerprint density at radius 2 is 2.20 bits per heavy atom. The molecule has 1 aromatic rings. The molecule has 0 saturated heterocycles. The van der Waals surface area contributed by atoms with Gasteiger partial charge < -0.3 is 10.5 Å². The van der Waals surface area contributed by atoms with E-state index in [0.29, 0.717) is 23.2 Å². The molecule has 0 aliphatic carbocycles. The first kappa shape index (κ1) is 12.5. The molecule has 1 aromatic carbocycles. The average molecular weight is 276 g/mol. The third kappa shape index (κ3) is 3.47. The van der Waals surface area contributed by atoms with E-state index in [-0.39, 0.29) is 11.9 Å².